The molecule has 0 saturated carbocycles. The maximum Gasteiger partial charge on any atom is 0.223 e. The van der Waals surface area contributed by atoms with Gasteiger partial charge in [0.2, 0.25) is 5.91 Å². The number of para-hydroxylation sites is 2. The summed E-state index contributed by atoms with van der Waals surface area (Å²) < 4.78 is 7.76. The molecule has 25 heavy (non-hydrogen) atoms. The highest BCUT2D eigenvalue weighted by Gasteiger charge is 2.14. The standard InChI is InChI=1S/C20H31N3O2/c1-4-16(5-2)20(24)21-13-9-12-19-22-17-10-7-8-11-18(17)23(19)14-15-25-6-3/h7-8,10-11,16H,4-6,9,12-15H2,1-3H3,(H,21,24). The highest BCUT2D eigenvalue weighted by Crippen LogP contribution is 2.17. The van der Waals surface area contributed by atoms with Gasteiger partial charge < -0.3 is 14.6 Å². The predicted molar refractivity (Wildman–Crippen MR) is 102 cm³/mol. The number of aryl methyl sites for hydroxylation is 1. The van der Waals surface area contributed by atoms with Gasteiger partial charge in [-0.1, -0.05) is 26.0 Å². The Labute approximate surface area is 150 Å². The summed E-state index contributed by atoms with van der Waals surface area (Å²) in [6.07, 6.45) is 3.54. The van der Waals surface area contributed by atoms with Crippen LogP contribution in [-0.2, 0) is 22.5 Å². The third-order valence-electron chi connectivity index (χ3n) is 4.63. The number of imidazole rings is 1. The van der Waals surface area contributed by atoms with Gasteiger partial charge in [-0.25, -0.2) is 4.98 Å². The van der Waals surface area contributed by atoms with Gasteiger partial charge in [-0.15, -0.1) is 0 Å². The molecule has 2 aromatic rings. The summed E-state index contributed by atoms with van der Waals surface area (Å²) in [6, 6.07) is 8.21. The minimum Gasteiger partial charge on any atom is -0.380 e. The maximum atomic E-state index is 12.1. The minimum absolute atomic E-state index is 0.135. The summed E-state index contributed by atoms with van der Waals surface area (Å²) >= 11 is 0. The lowest BCUT2D eigenvalue weighted by atomic mass is 10.0. The summed E-state index contributed by atoms with van der Waals surface area (Å²) in [5.41, 5.74) is 2.17. The van der Waals surface area contributed by atoms with Crippen molar-refractivity contribution in [2.24, 2.45) is 5.92 Å². The van der Waals surface area contributed by atoms with Crippen LogP contribution >= 0.6 is 0 Å². The summed E-state index contributed by atoms with van der Waals surface area (Å²) in [5, 5.41) is 3.06. The molecule has 1 heterocycles. The van der Waals surface area contributed by atoms with Crippen LogP contribution in [0.2, 0.25) is 0 Å². The highest BCUT2D eigenvalue weighted by molar-refractivity contribution is 5.78. The molecular formula is C20H31N3O2. The number of carbonyl (C=O) groups excluding carboxylic acids is 1. The third-order valence-corrected chi connectivity index (χ3v) is 4.63. The van der Waals surface area contributed by atoms with Crippen LogP contribution in [0.25, 0.3) is 11.0 Å². The number of fused-ring (bicyclic) bond motifs is 1. The van der Waals surface area contributed by atoms with Crippen LogP contribution in [0.15, 0.2) is 24.3 Å². The Morgan fingerprint density at radius 1 is 1.24 bits per heavy atom. The molecule has 0 saturated heterocycles. The average Bonchev–Trinajstić information content (AvgIpc) is 2.98. The zero-order chi connectivity index (χ0) is 18.1. The second-order valence-corrected chi connectivity index (χ2v) is 6.27. The van der Waals surface area contributed by atoms with Gasteiger partial charge in [-0.2, -0.15) is 0 Å². The molecule has 5 heteroatoms. The molecule has 138 valence electrons. The molecule has 0 spiro atoms. The van der Waals surface area contributed by atoms with Crippen LogP contribution in [-0.4, -0.2) is 35.2 Å². The Bertz CT molecular complexity index is 662. The van der Waals surface area contributed by atoms with E-state index in [4.69, 9.17) is 9.72 Å². The van der Waals surface area contributed by atoms with E-state index in [1.165, 1.54) is 0 Å². The first-order valence-electron chi connectivity index (χ1n) is 9.50. The Morgan fingerprint density at radius 3 is 2.72 bits per heavy atom. The van der Waals surface area contributed by atoms with Gasteiger partial charge in [0.15, 0.2) is 0 Å². The molecule has 0 fully saturated rings. The topological polar surface area (TPSA) is 56.1 Å². The molecule has 1 amide bonds. The van der Waals surface area contributed by atoms with Crippen LogP contribution in [0, 0.1) is 5.92 Å². The van der Waals surface area contributed by atoms with Gasteiger partial charge in [0, 0.05) is 32.0 Å². The van der Waals surface area contributed by atoms with Crippen LogP contribution in [0.3, 0.4) is 0 Å². The molecule has 1 aromatic carbocycles. The van der Waals surface area contributed by atoms with E-state index >= 15 is 0 Å². The Morgan fingerprint density at radius 2 is 2.00 bits per heavy atom. The largest absolute Gasteiger partial charge is 0.380 e. The van der Waals surface area contributed by atoms with Gasteiger partial charge in [0.1, 0.15) is 5.82 Å². The molecule has 0 unspecified atom stereocenters. The quantitative estimate of drug-likeness (QED) is 0.634. The van der Waals surface area contributed by atoms with Crippen molar-refractivity contribution in [3.63, 3.8) is 0 Å². The van der Waals surface area contributed by atoms with Crippen LogP contribution < -0.4 is 5.32 Å². The molecule has 0 aliphatic carbocycles. The Hall–Kier alpha value is -1.88. The molecule has 0 atom stereocenters. The lowest BCUT2D eigenvalue weighted by Crippen LogP contribution is -2.31. The maximum absolute atomic E-state index is 12.1. The smallest absolute Gasteiger partial charge is 0.223 e. The van der Waals surface area contributed by atoms with Gasteiger partial charge in [-0.05, 0) is 38.3 Å². The van der Waals surface area contributed by atoms with Crippen molar-refractivity contribution < 1.29 is 9.53 Å². The van der Waals surface area contributed by atoms with E-state index in [-0.39, 0.29) is 11.8 Å². The Balaban J connectivity index is 1.95. The molecule has 1 aromatic heterocycles. The number of hydrogen-bond donors (Lipinski definition) is 1. The number of rotatable bonds is 11. The fourth-order valence-electron chi connectivity index (χ4n) is 3.13. The summed E-state index contributed by atoms with van der Waals surface area (Å²) in [5.74, 6) is 1.38. The predicted octanol–water partition coefficient (Wildman–Crippen LogP) is 3.56. The number of amides is 1. The summed E-state index contributed by atoms with van der Waals surface area (Å²) in [7, 11) is 0. The van der Waals surface area contributed by atoms with E-state index in [0.717, 1.165) is 55.7 Å². The first-order chi connectivity index (χ1) is 12.2. The Kier molecular flexibility index (Phi) is 7.92. The molecular weight excluding hydrogens is 314 g/mol. The fourth-order valence-corrected chi connectivity index (χ4v) is 3.13. The van der Waals surface area contributed by atoms with Crippen molar-refractivity contribution in [2.45, 2.75) is 53.0 Å². The number of ether oxygens (including phenoxy) is 1. The monoisotopic (exact) mass is 345 g/mol. The fraction of sp³-hybridized carbons (Fsp3) is 0.600. The van der Waals surface area contributed by atoms with Crippen LogP contribution in [0.5, 0.6) is 0 Å². The lowest BCUT2D eigenvalue weighted by molar-refractivity contribution is -0.125. The van der Waals surface area contributed by atoms with E-state index in [1.54, 1.807) is 0 Å². The molecule has 0 radical (unpaired) electrons. The second kappa shape index (κ2) is 10.2. The first-order valence-corrected chi connectivity index (χ1v) is 9.50. The van der Waals surface area contributed by atoms with Crippen molar-refractivity contribution in [3.8, 4) is 0 Å². The lowest BCUT2D eigenvalue weighted by Gasteiger charge is -2.13. The average molecular weight is 345 g/mol. The number of aromatic nitrogens is 2. The SMILES string of the molecule is CCOCCn1c(CCCNC(=O)C(CC)CC)nc2ccccc21. The number of hydrogen-bond acceptors (Lipinski definition) is 3. The molecule has 1 N–H and O–H groups in total. The van der Waals surface area contributed by atoms with Gasteiger partial charge in [0.05, 0.1) is 17.6 Å². The van der Waals surface area contributed by atoms with E-state index in [2.05, 4.69) is 29.8 Å². The number of nitrogens with one attached hydrogen (secondary N) is 1. The van der Waals surface area contributed by atoms with Crippen LogP contribution in [0.4, 0.5) is 0 Å². The van der Waals surface area contributed by atoms with E-state index in [0.29, 0.717) is 13.2 Å². The molecule has 0 bridgehead atoms. The second-order valence-electron chi connectivity index (χ2n) is 6.27. The number of nitrogens with zero attached hydrogens (tertiary/aromatic N) is 2. The van der Waals surface area contributed by atoms with Crippen molar-refractivity contribution in [3.05, 3.63) is 30.1 Å². The normalized spacial score (nSPS) is 11.4. The van der Waals surface area contributed by atoms with Crippen molar-refractivity contribution in [1.29, 1.82) is 0 Å². The van der Waals surface area contributed by atoms with E-state index < -0.39 is 0 Å². The van der Waals surface area contributed by atoms with Gasteiger partial charge in [-0.3, -0.25) is 4.79 Å². The van der Waals surface area contributed by atoms with Crippen molar-refractivity contribution >= 4 is 16.9 Å². The van der Waals surface area contributed by atoms with Gasteiger partial charge in [0.25, 0.3) is 0 Å². The highest BCUT2D eigenvalue weighted by atomic mass is 16.5. The molecule has 0 aliphatic rings. The van der Waals surface area contributed by atoms with E-state index in [9.17, 15) is 4.79 Å². The molecule has 2 rings (SSSR count). The summed E-state index contributed by atoms with van der Waals surface area (Å²) in [4.78, 5) is 16.8. The van der Waals surface area contributed by atoms with Crippen molar-refractivity contribution in [2.75, 3.05) is 19.8 Å². The zero-order valence-corrected chi connectivity index (χ0v) is 15.8. The van der Waals surface area contributed by atoms with Gasteiger partial charge >= 0.3 is 0 Å². The van der Waals surface area contributed by atoms with E-state index in [1.807, 2.05) is 25.1 Å². The van der Waals surface area contributed by atoms with Crippen molar-refractivity contribution in [1.82, 2.24) is 14.9 Å². The summed E-state index contributed by atoms with van der Waals surface area (Å²) in [6.45, 7) is 9.06. The molecule has 5 nitrogen and oxygen atoms in total. The third kappa shape index (κ3) is 5.30. The zero-order valence-electron chi connectivity index (χ0n) is 15.8. The number of benzene rings is 1. The number of carbonyl (C=O) groups is 1. The first kappa shape index (κ1) is 19.4. The minimum atomic E-state index is 0.135. The molecule has 0 aliphatic heterocycles. The van der Waals surface area contributed by atoms with Crippen LogP contribution in [0.1, 0.15) is 45.9 Å².